The Kier molecular flexibility index (Phi) is 8.00. The zero-order valence-electron chi connectivity index (χ0n) is 15.4. The van der Waals surface area contributed by atoms with Gasteiger partial charge in [-0.25, -0.2) is 13.0 Å². The molecule has 0 aliphatic rings. The van der Waals surface area contributed by atoms with E-state index in [4.69, 9.17) is 9.47 Å². The van der Waals surface area contributed by atoms with Crippen LogP contribution in [0.5, 0.6) is 5.75 Å². The van der Waals surface area contributed by atoms with Crippen LogP contribution in [-0.2, 0) is 22.3 Å². The van der Waals surface area contributed by atoms with Gasteiger partial charge in [0, 0.05) is 24.9 Å². The first-order chi connectivity index (χ1) is 13.4. The average molecular weight is 410 g/mol. The fourth-order valence-electron chi connectivity index (χ4n) is 2.25. The molecular formula is C18H20F2N4O3S. The van der Waals surface area contributed by atoms with E-state index in [0.29, 0.717) is 17.0 Å². The number of halogens is 2. The molecule has 28 heavy (non-hydrogen) atoms. The molecule has 0 aliphatic carbocycles. The molecule has 1 atom stereocenters. The third kappa shape index (κ3) is 6.08. The lowest BCUT2D eigenvalue weighted by atomic mass is 10.2. The molecule has 0 bridgehead atoms. The first-order valence-corrected chi connectivity index (χ1v) is 9.61. The van der Waals surface area contributed by atoms with Gasteiger partial charge in [-0.2, -0.15) is 5.10 Å². The van der Waals surface area contributed by atoms with E-state index in [1.54, 1.807) is 54.1 Å². The van der Waals surface area contributed by atoms with Crippen molar-refractivity contribution in [2.45, 2.75) is 13.0 Å². The lowest BCUT2D eigenvalue weighted by Crippen LogP contribution is -2.24. The van der Waals surface area contributed by atoms with Crippen molar-refractivity contribution in [1.29, 1.82) is 0 Å². The molecule has 0 aliphatic heterocycles. The lowest BCUT2D eigenvalue weighted by Gasteiger charge is -2.21. The van der Waals surface area contributed by atoms with Crippen LogP contribution >= 0.6 is 0 Å². The number of alkyl halides is 2. The zero-order chi connectivity index (χ0) is 20.5. The fraction of sp³-hybridized carbons (Fsp3) is 0.278. The molecule has 1 aromatic carbocycles. The summed E-state index contributed by atoms with van der Waals surface area (Å²) in [6, 6.07) is 10.4. The molecule has 1 aromatic heterocycles. The van der Waals surface area contributed by atoms with Crippen molar-refractivity contribution in [1.82, 2.24) is 4.98 Å². The van der Waals surface area contributed by atoms with Gasteiger partial charge in [0.05, 0.1) is 24.9 Å². The van der Waals surface area contributed by atoms with Crippen molar-refractivity contribution in [2.24, 2.45) is 10.2 Å². The summed E-state index contributed by atoms with van der Waals surface area (Å²) < 4.78 is 48.6. The summed E-state index contributed by atoms with van der Waals surface area (Å²) in [5, 5.41) is 6.93. The minimum Gasteiger partial charge on any atom is -0.497 e. The predicted molar refractivity (Wildman–Crippen MR) is 106 cm³/mol. The molecule has 150 valence electrons. The number of pyridine rings is 1. The Morgan fingerprint density at radius 3 is 2.50 bits per heavy atom. The molecule has 0 saturated heterocycles. The van der Waals surface area contributed by atoms with Gasteiger partial charge in [-0.15, -0.1) is 5.10 Å². The Labute approximate surface area is 164 Å². The van der Waals surface area contributed by atoms with E-state index in [2.05, 4.69) is 21.9 Å². The Bertz CT molecular complexity index is 830. The summed E-state index contributed by atoms with van der Waals surface area (Å²) in [6.45, 7) is 2.67. The van der Waals surface area contributed by atoms with E-state index in [1.165, 1.54) is 6.20 Å². The molecule has 7 nitrogen and oxygen atoms in total. The van der Waals surface area contributed by atoms with Gasteiger partial charge in [0.2, 0.25) is 5.90 Å². The molecule has 0 fully saturated rings. The minimum atomic E-state index is -2.64. The topological polar surface area (TPSA) is 76.4 Å². The van der Waals surface area contributed by atoms with Crippen LogP contribution in [0.15, 0.2) is 52.8 Å². The molecule has 1 heterocycles. The van der Waals surface area contributed by atoms with Crippen molar-refractivity contribution >= 4 is 29.3 Å². The standard InChI is InChI=1S/C18H20F2N4O3S/c1-21-23-18(27-12-17(19)20)13-4-5-14(22-10-13)11-24(28(3)25)15-6-8-16(26-2)9-7-15/h4-10,17H,1,11-12H2,2-3H3/b23-18-. The van der Waals surface area contributed by atoms with Crippen LogP contribution in [0.4, 0.5) is 14.5 Å². The second kappa shape index (κ2) is 10.5. The van der Waals surface area contributed by atoms with Crippen LogP contribution in [-0.4, -0.2) is 48.2 Å². The third-order valence-corrected chi connectivity index (χ3v) is 4.52. The largest absolute Gasteiger partial charge is 0.497 e. The summed E-state index contributed by atoms with van der Waals surface area (Å²) in [7, 11) is 0.279. The third-order valence-electron chi connectivity index (χ3n) is 3.56. The number of hydrogen-bond donors (Lipinski definition) is 0. The summed E-state index contributed by atoms with van der Waals surface area (Å²) in [6.07, 6.45) is 0.354. The number of aromatic nitrogens is 1. The monoisotopic (exact) mass is 410 g/mol. The molecule has 10 heteroatoms. The Morgan fingerprint density at radius 1 is 1.29 bits per heavy atom. The van der Waals surface area contributed by atoms with Gasteiger partial charge in [-0.3, -0.25) is 9.29 Å². The summed E-state index contributed by atoms with van der Waals surface area (Å²) in [5.41, 5.74) is 1.74. The zero-order valence-corrected chi connectivity index (χ0v) is 16.2. The number of hydrogen-bond acceptors (Lipinski definition) is 6. The van der Waals surface area contributed by atoms with Crippen LogP contribution in [0.3, 0.4) is 0 Å². The van der Waals surface area contributed by atoms with Gasteiger partial charge in [0.25, 0.3) is 6.43 Å². The van der Waals surface area contributed by atoms with Crippen molar-refractivity contribution in [2.75, 3.05) is 24.3 Å². The van der Waals surface area contributed by atoms with Crippen LogP contribution in [0.1, 0.15) is 11.3 Å². The van der Waals surface area contributed by atoms with Gasteiger partial charge in [0.1, 0.15) is 16.7 Å². The maximum absolute atomic E-state index is 12.4. The van der Waals surface area contributed by atoms with Crippen LogP contribution in [0.2, 0.25) is 0 Å². The van der Waals surface area contributed by atoms with Crippen LogP contribution < -0.4 is 9.04 Å². The highest BCUT2D eigenvalue weighted by molar-refractivity contribution is 7.85. The summed E-state index contributed by atoms with van der Waals surface area (Å²) >= 11 is 0. The smallest absolute Gasteiger partial charge is 0.272 e. The first kappa shape index (κ1) is 21.4. The molecule has 2 aromatic rings. The second-order valence-corrected chi connectivity index (χ2v) is 6.73. The van der Waals surface area contributed by atoms with Crippen molar-refractivity contribution < 1.29 is 22.5 Å². The van der Waals surface area contributed by atoms with E-state index < -0.39 is 24.0 Å². The first-order valence-electron chi connectivity index (χ1n) is 8.09. The quantitative estimate of drug-likeness (QED) is 0.362. The molecule has 2 rings (SSSR count). The number of ether oxygens (including phenoxy) is 2. The second-order valence-electron chi connectivity index (χ2n) is 5.45. The van der Waals surface area contributed by atoms with Gasteiger partial charge >= 0.3 is 0 Å². The van der Waals surface area contributed by atoms with E-state index in [0.717, 1.165) is 5.69 Å². The number of nitrogens with zero attached hydrogens (tertiary/aromatic N) is 4. The highest BCUT2D eigenvalue weighted by Gasteiger charge is 2.14. The van der Waals surface area contributed by atoms with Crippen LogP contribution in [0.25, 0.3) is 0 Å². The molecule has 0 spiro atoms. The van der Waals surface area contributed by atoms with Gasteiger partial charge in [0.15, 0.2) is 6.61 Å². The SMILES string of the molecule is C=N/N=C(\OCC(F)F)c1ccc(CN(c2ccc(OC)cc2)S(C)=O)nc1. The molecule has 1 unspecified atom stereocenters. The van der Waals surface area contributed by atoms with Crippen molar-refractivity contribution in [3.05, 3.63) is 53.9 Å². The fourth-order valence-corrected chi connectivity index (χ4v) is 2.98. The summed E-state index contributed by atoms with van der Waals surface area (Å²) in [5.74, 6) is 0.597. The normalized spacial score (nSPS) is 12.5. The van der Waals surface area contributed by atoms with Gasteiger partial charge < -0.3 is 9.47 Å². The average Bonchev–Trinajstić information content (AvgIpc) is 2.69. The Balaban J connectivity index is 2.16. The summed E-state index contributed by atoms with van der Waals surface area (Å²) in [4.78, 5) is 4.28. The van der Waals surface area contributed by atoms with E-state index in [1.807, 2.05) is 0 Å². The van der Waals surface area contributed by atoms with Crippen molar-refractivity contribution in [3.63, 3.8) is 0 Å². The van der Waals surface area contributed by atoms with E-state index >= 15 is 0 Å². The van der Waals surface area contributed by atoms with E-state index in [-0.39, 0.29) is 12.4 Å². The Morgan fingerprint density at radius 2 is 2.00 bits per heavy atom. The molecule has 0 saturated carbocycles. The highest BCUT2D eigenvalue weighted by atomic mass is 32.2. The predicted octanol–water partition coefficient (Wildman–Crippen LogP) is 3.03. The maximum atomic E-state index is 12.4. The van der Waals surface area contributed by atoms with Gasteiger partial charge in [-0.1, -0.05) is 0 Å². The molecule has 0 N–H and O–H groups in total. The minimum absolute atomic E-state index is 0.0968. The number of rotatable bonds is 9. The molecular weight excluding hydrogens is 390 g/mol. The van der Waals surface area contributed by atoms with Crippen molar-refractivity contribution in [3.8, 4) is 5.75 Å². The van der Waals surface area contributed by atoms with Crippen LogP contribution in [0, 0.1) is 0 Å². The number of benzene rings is 1. The van der Waals surface area contributed by atoms with Gasteiger partial charge in [-0.05, 0) is 36.4 Å². The molecule has 0 amide bonds. The highest BCUT2D eigenvalue weighted by Crippen LogP contribution is 2.22. The number of methoxy groups -OCH3 is 1. The number of anilines is 1. The molecule has 0 radical (unpaired) electrons. The maximum Gasteiger partial charge on any atom is 0.272 e. The lowest BCUT2D eigenvalue weighted by molar-refractivity contribution is 0.0765. The van der Waals surface area contributed by atoms with E-state index in [9.17, 15) is 13.0 Å². The Hall–Kier alpha value is -2.88.